The Hall–Kier alpha value is -2.63. The first-order chi connectivity index (χ1) is 14.4. The summed E-state index contributed by atoms with van der Waals surface area (Å²) in [4.78, 5) is 13.5. The molecule has 5 nitrogen and oxygen atoms in total. The molecule has 2 aromatic heterocycles. The molecule has 152 valence electrons. The van der Waals surface area contributed by atoms with Gasteiger partial charge in [-0.3, -0.25) is 4.79 Å². The standard InChI is InChI=1S/C23H20Cl2N4O/c1-13-3-8-20(14(2)9-13)29-22-17(11-26-29)21(16-5-6-16)27-28(23(22)30)12-15-4-7-18(24)19(25)10-15/h3-4,7-11,16H,5-6,12H2,1-2H3. The summed E-state index contributed by atoms with van der Waals surface area (Å²) in [6.45, 7) is 4.41. The third kappa shape index (κ3) is 3.32. The van der Waals surface area contributed by atoms with Gasteiger partial charge in [0.05, 0.1) is 34.2 Å². The Kier molecular flexibility index (Phi) is 4.68. The summed E-state index contributed by atoms with van der Waals surface area (Å²) in [5, 5.41) is 11.1. The molecule has 0 N–H and O–H groups in total. The van der Waals surface area contributed by atoms with Crippen LogP contribution in [0.25, 0.3) is 16.6 Å². The van der Waals surface area contributed by atoms with Gasteiger partial charge in [0.25, 0.3) is 5.56 Å². The minimum atomic E-state index is -0.169. The Labute approximate surface area is 183 Å². The molecule has 30 heavy (non-hydrogen) atoms. The molecule has 1 fully saturated rings. The maximum absolute atomic E-state index is 13.5. The van der Waals surface area contributed by atoms with Crippen molar-refractivity contribution in [1.82, 2.24) is 19.6 Å². The normalized spacial score (nSPS) is 13.9. The summed E-state index contributed by atoms with van der Waals surface area (Å²) in [6.07, 6.45) is 3.95. The van der Waals surface area contributed by atoms with Gasteiger partial charge >= 0.3 is 0 Å². The molecule has 7 heteroatoms. The van der Waals surface area contributed by atoms with Gasteiger partial charge in [0, 0.05) is 11.3 Å². The molecule has 0 unspecified atom stereocenters. The van der Waals surface area contributed by atoms with E-state index in [1.165, 1.54) is 10.2 Å². The Balaban J connectivity index is 1.71. The summed E-state index contributed by atoms with van der Waals surface area (Å²) in [6, 6.07) is 11.5. The summed E-state index contributed by atoms with van der Waals surface area (Å²) in [7, 11) is 0. The van der Waals surface area contributed by atoms with Crippen LogP contribution in [0.2, 0.25) is 10.0 Å². The molecule has 0 aliphatic heterocycles. The number of aromatic nitrogens is 4. The van der Waals surface area contributed by atoms with Crippen LogP contribution >= 0.6 is 23.2 Å². The number of fused-ring (bicyclic) bond motifs is 1. The van der Waals surface area contributed by atoms with Crippen LogP contribution in [0.3, 0.4) is 0 Å². The first kappa shape index (κ1) is 19.3. The van der Waals surface area contributed by atoms with Crippen LogP contribution < -0.4 is 5.56 Å². The van der Waals surface area contributed by atoms with E-state index in [4.69, 9.17) is 28.3 Å². The van der Waals surface area contributed by atoms with Crippen molar-refractivity contribution in [3.8, 4) is 5.69 Å². The molecule has 0 amide bonds. The zero-order valence-corrected chi connectivity index (χ0v) is 18.2. The van der Waals surface area contributed by atoms with Crippen molar-refractivity contribution in [2.75, 3.05) is 0 Å². The first-order valence-electron chi connectivity index (χ1n) is 9.92. The molecule has 0 radical (unpaired) electrons. The van der Waals surface area contributed by atoms with Crippen LogP contribution in [0.15, 0.2) is 47.4 Å². The average molecular weight is 439 g/mol. The summed E-state index contributed by atoms with van der Waals surface area (Å²) >= 11 is 12.2. The highest BCUT2D eigenvalue weighted by Crippen LogP contribution is 2.41. The van der Waals surface area contributed by atoms with Gasteiger partial charge in [0.1, 0.15) is 5.52 Å². The van der Waals surface area contributed by atoms with E-state index in [9.17, 15) is 4.79 Å². The Morgan fingerprint density at radius 3 is 2.57 bits per heavy atom. The van der Waals surface area contributed by atoms with Gasteiger partial charge in [0.2, 0.25) is 0 Å². The second-order valence-corrected chi connectivity index (χ2v) is 8.79. The van der Waals surface area contributed by atoms with Crippen molar-refractivity contribution in [3.05, 3.63) is 85.4 Å². The number of hydrogen-bond acceptors (Lipinski definition) is 3. The molecule has 5 rings (SSSR count). The van der Waals surface area contributed by atoms with Crippen LogP contribution in [0.5, 0.6) is 0 Å². The minimum absolute atomic E-state index is 0.169. The first-order valence-corrected chi connectivity index (χ1v) is 10.7. The SMILES string of the molecule is Cc1ccc(-n2ncc3c(C4CC4)nn(Cc4ccc(Cl)c(Cl)c4)c(=O)c32)c(C)c1. The highest BCUT2D eigenvalue weighted by Gasteiger charge is 2.30. The topological polar surface area (TPSA) is 52.7 Å². The van der Waals surface area contributed by atoms with Gasteiger partial charge in [-0.2, -0.15) is 10.2 Å². The van der Waals surface area contributed by atoms with Gasteiger partial charge in [-0.1, -0.05) is 47.0 Å². The molecule has 2 aromatic carbocycles. The number of aryl methyl sites for hydroxylation is 2. The summed E-state index contributed by atoms with van der Waals surface area (Å²) < 4.78 is 3.28. The smallest absolute Gasteiger partial charge is 0.265 e. The van der Waals surface area contributed by atoms with E-state index in [2.05, 4.69) is 18.1 Å². The van der Waals surface area contributed by atoms with Crippen molar-refractivity contribution in [2.45, 2.75) is 39.2 Å². The number of halogens is 2. The lowest BCUT2D eigenvalue weighted by atomic mass is 10.1. The van der Waals surface area contributed by atoms with Crippen molar-refractivity contribution in [2.24, 2.45) is 0 Å². The van der Waals surface area contributed by atoms with Crippen molar-refractivity contribution >= 4 is 34.1 Å². The molecular formula is C23H20Cl2N4O. The van der Waals surface area contributed by atoms with Crippen molar-refractivity contribution in [3.63, 3.8) is 0 Å². The van der Waals surface area contributed by atoms with Gasteiger partial charge in [-0.05, 0) is 56.0 Å². The van der Waals surface area contributed by atoms with E-state index in [1.807, 2.05) is 25.1 Å². The maximum Gasteiger partial charge on any atom is 0.293 e. The van der Waals surface area contributed by atoms with Crippen molar-refractivity contribution in [1.29, 1.82) is 0 Å². The predicted molar refractivity (Wildman–Crippen MR) is 120 cm³/mol. The second kappa shape index (κ2) is 7.25. The lowest BCUT2D eigenvalue weighted by Crippen LogP contribution is -2.26. The van der Waals surface area contributed by atoms with Crippen LogP contribution in [-0.2, 0) is 6.54 Å². The van der Waals surface area contributed by atoms with Crippen LogP contribution in [0, 0.1) is 13.8 Å². The van der Waals surface area contributed by atoms with Gasteiger partial charge in [0.15, 0.2) is 0 Å². The van der Waals surface area contributed by atoms with Gasteiger partial charge in [-0.15, -0.1) is 0 Å². The Morgan fingerprint density at radius 2 is 1.87 bits per heavy atom. The molecule has 0 atom stereocenters. The molecular weight excluding hydrogens is 419 g/mol. The van der Waals surface area contributed by atoms with E-state index < -0.39 is 0 Å². The van der Waals surface area contributed by atoms with Gasteiger partial charge < -0.3 is 0 Å². The highest BCUT2D eigenvalue weighted by atomic mass is 35.5. The molecule has 1 aliphatic rings. The molecule has 1 saturated carbocycles. The third-order valence-corrected chi connectivity index (χ3v) is 6.31. The Bertz CT molecular complexity index is 1350. The van der Waals surface area contributed by atoms with Crippen LogP contribution in [-0.4, -0.2) is 19.6 Å². The quantitative estimate of drug-likeness (QED) is 0.426. The summed E-state index contributed by atoms with van der Waals surface area (Å²) in [5.41, 5.74) is 5.36. The predicted octanol–water partition coefficient (Wildman–Crippen LogP) is 5.43. The minimum Gasteiger partial charge on any atom is -0.265 e. The third-order valence-electron chi connectivity index (χ3n) is 5.57. The van der Waals surface area contributed by atoms with Gasteiger partial charge in [-0.25, -0.2) is 9.36 Å². The number of hydrogen-bond donors (Lipinski definition) is 0. The molecule has 4 aromatic rings. The fraction of sp³-hybridized carbons (Fsp3) is 0.261. The lowest BCUT2D eigenvalue weighted by Gasteiger charge is -2.12. The summed E-state index contributed by atoms with van der Waals surface area (Å²) in [5.74, 6) is 0.380. The fourth-order valence-electron chi connectivity index (χ4n) is 3.90. The van der Waals surface area contributed by atoms with Crippen LogP contribution in [0.1, 0.15) is 41.1 Å². The molecule has 1 aliphatic carbocycles. The number of nitrogens with zero attached hydrogens (tertiary/aromatic N) is 4. The molecule has 0 bridgehead atoms. The Morgan fingerprint density at radius 1 is 1.07 bits per heavy atom. The van der Waals surface area contributed by atoms with E-state index in [0.29, 0.717) is 28.0 Å². The van der Waals surface area contributed by atoms with E-state index in [-0.39, 0.29) is 5.56 Å². The van der Waals surface area contributed by atoms with Crippen LogP contribution in [0.4, 0.5) is 0 Å². The van der Waals surface area contributed by atoms with E-state index >= 15 is 0 Å². The van der Waals surface area contributed by atoms with Crippen molar-refractivity contribution < 1.29 is 0 Å². The fourth-order valence-corrected chi connectivity index (χ4v) is 4.22. The average Bonchev–Trinajstić information content (AvgIpc) is 3.46. The zero-order chi connectivity index (χ0) is 21.0. The maximum atomic E-state index is 13.5. The van der Waals surface area contributed by atoms with E-state index in [1.54, 1.807) is 23.0 Å². The molecule has 0 saturated heterocycles. The van der Waals surface area contributed by atoms with E-state index in [0.717, 1.165) is 40.7 Å². The molecule has 0 spiro atoms. The number of rotatable bonds is 4. The number of benzene rings is 2. The largest absolute Gasteiger partial charge is 0.293 e. The second-order valence-electron chi connectivity index (χ2n) is 7.98. The zero-order valence-electron chi connectivity index (χ0n) is 16.7. The lowest BCUT2D eigenvalue weighted by molar-refractivity contribution is 0.626. The highest BCUT2D eigenvalue weighted by molar-refractivity contribution is 6.42. The monoisotopic (exact) mass is 438 g/mol. The molecule has 2 heterocycles.